The first-order valence-corrected chi connectivity index (χ1v) is 7.59. The fourth-order valence-corrected chi connectivity index (χ4v) is 2.45. The molecule has 0 saturated heterocycles. The van der Waals surface area contributed by atoms with Gasteiger partial charge in [0.05, 0.1) is 13.7 Å². The summed E-state index contributed by atoms with van der Waals surface area (Å²) in [4.78, 5) is 4.12. The van der Waals surface area contributed by atoms with Gasteiger partial charge in [0.1, 0.15) is 17.0 Å². The van der Waals surface area contributed by atoms with Crippen LogP contribution >= 0.6 is 0 Å². The van der Waals surface area contributed by atoms with E-state index >= 15 is 0 Å². The van der Waals surface area contributed by atoms with Crippen molar-refractivity contribution in [1.29, 1.82) is 0 Å². The van der Waals surface area contributed by atoms with Crippen molar-refractivity contribution in [2.75, 3.05) is 13.7 Å². The minimum atomic E-state index is -0.504. The van der Waals surface area contributed by atoms with Crippen molar-refractivity contribution in [3.05, 3.63) is 54.5 Å². The maximum atomic E-state index is 14.5. The second kappa shape index (κ2) is 6.65. The maximum Gasteiger partial charge on any atom is 0.221 e. The van der Waals surface area contributed by atoms with Crippen LogP contribution in [0.25, 0.3) is 22.0 Å². The normalized spacial score (nSPS) is 10.7. The predicted octanol–water partition coefficient (Wildman–Crippen LogP) is 4.84. The molecular formula is C19H18FNO2. The molecule has 2 aromatic carbocycles. The molecule has 0 N–H and O–H groups in total. The van der Waals surface area contributed by atoms with E-state index in [0.717, 1.165) is 23.1 Å². The van der Waals surface area contributed by atoms with Crippen LogP contribution in [0.2, 0.25) is 0 Å². The van der Waals surface area contributed by atoms with Gasteiger partial charge in [0.15, 0.2) is 0 Å². The molecule has 0 aliphatic carbocycles. The zero-order valence-corrected chi connectivity index (χ0v) is 13.2. The SMILES string of the molecule is CCCOc1cccc2cc(-c3ccc(OC)cc3)c(F)nc12. The Bertz CT molecular complexity index is 815. The highest BCUT2D eigenvalue weighted by Gasteiger charge is 2.12. The number of benzene rings is 2. The van der Waals surface area contributed by atoms with Crippen LogP contribution in [0.3, 0.4) is 0 Å². The third kappa shape index (κ3) is 3.11. The van der Waals surface area contributed by atoms with Gasteiger partial charge in [-0.15, -0.1) is 0 Å². The van der Waals surface area contributed by atoms with Crippen LogP contribution in [-0.2, 0) is 0 Å². The number of rotatable bonds is 5. The van der Waals surface area contributed by atoms with Gasteiger partial charge in [-0.05, 0) is 36.2 Å². The van der Waals surface area contributed by atoms with Gasteiger partial charge < -0.3 is 9.47 Å². The molecule has 0 bridgehead atoms. The minimum absolute atomic E-state index is 0.466. The Kier molecular flexibility index (Phi) is 4.42. The van der Waals surface area contributed by atoms with E-state index in [4.69, 9.17) is 9.47 Å². The lowest BCUT2D eigenvalue weighted by atomic mass is 10.0. The van der Waals surface area contributed by atoms with Crippen molar-refractivity contribution in [3.8, 4) is 22.6 Å². The molecule has 4 heteroatoms. The molecule has 0 unspecified atom stereocenters. The molecule has 3 rings (SSSR count). The standard InChI is InChI=1S/C19H18FNO2/c1-3-11-23-17-6-4-5-14-12-16(19(20)21-18(14)17)13-7-9-15(22-2)10-8-13/h4-10,12H,3,11H2,1-2H3. The summed E-state index contributed by atoms with van der Waals surface area (Å²) in [6.07, 6.45) is 0.892. The van der Waals surface area contributed by atoms with Crippen molar-refractivity contribution in [3.63, 3.8) is 0 Å². The summed E-state index contributed by atoms with van der Waals surface area (Å²) >= 11 is 0. The Morgan fingerprint density at radius 3 is 2.57 bits per heavy atom. The Morgan fingerprint density at radius 1 is 1.09 bits per heavy atom. The van der Waals surface area contributed by atoms with Gasteiger partial charge in [-0.25, -0.2) is 4.98 Å². The molecule has 3 aromatic rings. The topological polar surface area (TPSA) is 31.4 Å². The van der Waals surface area contributed by atoms with E-state index in [9.17, 15) is 4.39 Å². The summed E-state index contributed by atoms with van der Waals surface area (Å²) in [5.74, 6) is 0.845. The average Bonchev–Trinajstić information content (AvgIpc) is 2.59. The molecule has 3 nitrogen and oxygen atoms in total. The Hall–Kier alpha value is -2.62. The van der Waals surface area contributed by atoms with Crippen LogP contribution in [-0.4, -0.2) is 18.7 Å². The van der Waals surface area contributed by atoms with Crippen molar-refractivity contribution < 1.29 is 13.9 Å². The maximum absolute atomic E-state index is 14.5. The average molecular weight is 311 g/mol. The van der Waals surface area contributed by atoms with E-state index in [2.05, 4.69) is 4.98 Å². The second-order valence-electron chi connectivity index (χ2n) is 5.23. The number of halogens is 1. The monoisotopic (exact) mass is 311 g/mol. The number of pyridine rings is 1. The lowest BCUT2D eigenvalue weighted by Gasteiger charge is -2.10. The largest absolute Gasteiger partial charge is 0.497 e. The summed E-state index contributed by atoms with van der Waals surface area (Å²) in [5, 5.41) is 0.853. The predicted molar refractivity (Wildman–Crippen MR) is 89.5 cm³/mol. The first-order chi connectivity index (χ1) is 11.2. The van der Waals surface area contributed by atoms with Crippen molar-refractivity contribution >= 4 is 10.9 Å². The third-order valence-electron chi connectivity index (χ3n) is 3.62. The summed E-state index contributed by atoms with van der Waals surface area (Å²) < 4.78 is 25.3. The number of methoxy groups -OCH3 is 1. The number of nitrogens with zero attached hydrogens (tertiary/aromatic N) is 1. The fraction of sp³-hybridized carbons (Fsp3) is 0.211. The van der Waals surface area contributed by atoms with Gasteiger partial charge >= 0.3 is 0 Å². The van der Waals surface area contributed by atoms with E-state index in [1.807, 2.05) is 37.3 Å². The summed E-state index contributed by atoms with van der Waals surface area (Å²) in [5.41, 5.74) is 1.78. The molecule has 0 atom stereocenters. The van der Waals surface area contributed by atoms with Crippen LogP contribution in [0.5, 0.6) is 11.5 Å². The molecule has 0 radical (unpaired) electrons. The van der Waals surface area contributed by atoms with E-state index < -0.39 is 5.95 Å². The molecule has 118 valence electrons. The Balaban J connectivity index is 2.07. The van der Waals surface area contributed by atoms with Gasteiger partial charge in [-0.2, -0.15) is 4.39 Å². The third-order valence-corrected chi connectivity index (χ3v) is 3.62. The number of para-hydroxylation sites is 1. The van der Waals surface area contributed by atoms with Crippen molar-refractivity contribution in [1.82, 2.24) is 4.98 Å². The molecule has 0 saturated carbocycles. The van der Waals surface area contributed by atoms with Gasteiger partial charge in [-0.3, -0.25) is 0 Å². The first-order valence-electron chi connectivity index (χ1n) is 7.59. The lowest BCUT2D eigenvalue weighted by Crippen LogP contribution is -1.98. The van der Waals surface area contributed by atoms with Gasteiger partial charge in [0, 0.05) is 10.9 Å². The summed E-state index contributed by atoms with van der Waals surface area (Å²) in [7, 11) is 1.60. The lowest BCUT2D eigenvalue weighted by molar-refractivity contribution is 0.320. The van der Waals surface area contributed by atoms with Gasteiger partial charge in [0.2, 0.25) is 5.95 Å². The molecule has 0 fully saturated rings. The van der Waals surface area contributed by atoms with Crippen LogP contribution in [0, 0.1) is 5.95 Å². The fourth-order valence-electron chi connectivity index (χ4n) is 2.45. The molecule has 1 heterocycles. The Labute approximate surface area is 134 Å². The highest BCUT2D eigenvalue weighted by molar-refractivity contribution is 5.88. The molecule has 0 aliphatic heterocycles. The van der Waals surface area contributed by atoms with Crippen LogP contribution in [0.1, 0.15) is 13.3 Å². The van der Waals surface area contributed by atoms with Gasteiger partial charge in [-0.1, -0.05) is 31.2 Å². The number of ether oxygens (including phenoxy) is 2. The highest BCUT2D eigenvalue weighted by Crippen LogP contribution is 2.31. The molecule has 0 amide bonds. The molecular weight excluding hydrogens is 293 g/mol. The van der Waals surface area contributed by atoms with Crippen molar-refractivity contribution in [2.45, 2.75) is 13.3 Å². The Morgan fingerprint density at radius 2 is 1.87 bits per heavy atom. The van der Waals surface area contributed by atoms with Crippen LogP contribution < -0.4 is 9.47 Å². The molecule has 23 heavy (non-hydrogen) atoms. The number of fused-ring (bicyclic) bond motifs is 1. The van der Waals surface area contributed by atoms with E-state index in [-0.39, 0.29) is 0 Å². The first kappa shape index (κ1) is 15.3. The van der Waals surface area contributed by atoms with E-state index in [1.165, 1.54) is 0 Å². The van der Waals surface area contributed by atoms with E-state index in [1.54, 1.807) is 25.3 Å². The number of hydrogen-bond donors (Lipinski definition) is 0. The highest BCUT2D eigenvalue weighted by atomic mass is 19.1. The quantitative estimate of drug-likeness (QED) is 0.632. The van der Waals surface area contributed by atoms with Crippen LogP contribution in [0.15, 0.2) is 48.5 Å². The van der Waals surface area contributed by atoms with Gasteiger partial charge in [0.25, 0.3) is 0 Å². The van der Waals surface area contributed by atoms with E-state index in [0.29, 0.717) is 23.4 Å². The summed E-state index contributed by atoms with van der Waals surface area (Å²) in [6, 6.07) is 14.7. The molecule has 1 aromatic heterocycles. The number of hydrogen-bond acceptors (Lipinski definition) is 3. The second-order valence-corrected chi connectivity index (χ2v) is 5.23. The zero-order chi connectivity index (χ0) is 16.2. The molecule has 0 aliphatic rings. The zero-order valence-electron chi connectivity index (χ0n) is 13.2. The number of aromatic nitrogens is 1. The minimum Gasteiger partial charge on any atom is -0.497 e. The van der Waals surface area contributed by atoms with Crippen LogP contribution in [0.4, 0.5) is 4.39 Å². The molecule has 0 spiro atoms. The van der Waals surface area contributed by atoms with Crippen molar-refractivity contribution in [2.24, 2.45) is 0 Å². The smallest absolute Gasteiger partial charge is 0.221 e. The summed E-state index contributed by atoms with van der Waals surface area (Å²) in [6.45, 7) is 2.61.